The quantitative estimate of drug-likeness (QED) is 0.232. The molecule has 4 aromatic rings. The van der Waals surface area contributed by atoms with Crippen molar-refractivity contribution in [2.24, 2.45) is 0 Å². The van der Waals surface area contributed by atoms with Crippen LogP contribution in [0.4, 0.5) is 16.3 Å². The maximum atomic E-state index is 13.0. The number of hydrogen-bond acceptors (Lipinski definition) is 7. The van der Waals surface area contributed by atoms with Crippen molar-refractivity contribution < 1.29 is 22.7 Å². The topological polar surface area (TPSA) is 136 Å². The summed E-state index contributed by atoms with van der Waals surface area (Å²) in [5.41, 5.74) is 1.41. The Morgan fingerprint density at radius 2 is 1.65 bits per heavy atom. The highest BCUT2D eigenvalue weighted by atomic mass is 32.2. The molecule has 0 spiro atoms. The number of amides is 2. The van der Waals surface area contributed by atoms with Gasteiger partial charge in [-0.2, -0.15) is 5.10 Å². The van der Waals surface area contributed by atoms with Crippen LogP contribution in [0, 0.1) is 0 Å². The number of benzene rings is 2. The van der Waals surface area contributed by atoms with E-state index >= 15 is 0 Å². The maximum Gasteiger partial charge on any atom is 0.324 e. The van der Waals surface area contributed by atoms with Gasteiger partial charge in [0, 0.05) is 43.2 Å². The Morgan fingerprint density at radius 1 is 0.950 bits per heavy atom. The molecule has 0 aliphatic rings. The van der Waals surface area contributed by atoms with Crippen LogP contribution in [0.3, 0.4) is 0 Å². The van der Waals surface area contributed by atoms with E-state index in [2.05, 4.69) is 25.4 Å². The standard InChI is InChI=1S/C28H32N6O5S/c1-28(2,3)25-19-26(34(33-25)21-6-5-7-24(18-21)40(36,37)30-16-17-38-4)32-27(35)31-20-8-10-22(11-9-20)39-23-12-14-29-15-13-23/h5-15,18-19,30H,16-17H2,1-4H3,(H2,31,32,35). The number of sulfonamides is 1. The zero-order chi connectivity index (χ0) is 28.8. The maximum absolute atomic E-state index is 13.0. The number of pyridine rings is 1. The third-order valence-corrected chi connectivity index (χ3v) is 7.15. The number of urea groups is 1. The van der Waals surface area contributed by atoms with Crippen molar-refractivity contribution in [3.63, 3.8) is 0 Å². The second-order valence-corrected chi connectivity index (χ2v) is 11.6. The minimum atomic E-state index is -3.77. The molecule has 2 heterocycles. The summed E-state index contributed by atoms with van der Waals surface area (Å²) in [6.07, 6.45) is 3.28. The molecular weight excluding hydrogens is 532 g/mol. The van der Waals surface area contributed by atoms with Gasteiger partial charge in [-0.3, -0.25) is 10.3 Å². The molecule has 0 unspecified atom stereocenters. The molecule has 0 saturated heterocycles. The molecule has 0 aliphatic carbocycles. The van der Waals surface area contributed by atoms with E-state index in [0.29, 0.717) is 34.4 Å². The fourth-order valence-electron chi connectivity index (χ4n) is 3.60. The zero-order valence-corrected chi connectivity index (χ0v) is 23.5. The van der Waals surface area contributed by atoms with Gasteiger partial charge in [-0.05, 0) is 54.6 Å². The van der Waals surface area contributed by atoms with Crippen LogP contribution < -0.4 is 20.1 Å². The van der Waals surface area contributed by atoms with Gasteiger partial charge in [0.05, 0.1) is 22.9 Å². The summed E-state index contributed by atoms with van der Waals surface area (Å²) < 4.78 is 40.2. The van der Waals surface area contributed by atoms with Crippen LogP contribution in [0.1, 0.15) is 26.5 Å². The van der Waals surface area contributed by atoms with Crippen LogP contribution >= 0.6 is 0 Å². The van der Waals surface area contributed by atoms with E-state index in [4.69, 9.17) is 9.47 Å². The predicted octanol–water partition coefficient (Wildman–Crippen LogP) is 4.93. The van der Waals surface area contributed by atoms with Crippen molar-refractivity contribution in [3.8, 4) is 17.2 Å². The molecule has 0 fully saturated rings. The Bertz CT molecular complexity index is 1550. The zero-order valence-electron chi connectivity index (χ0n) is 22.7. The summed E-state index contributed by atoms with van der Waals surface area (Å²) in [6, 6.07) is 18.0. The third-order valence-electron chi connectivity index (χ3n) is 5.69. The first-order chi connectivity index (χ1) is 19.0. The van der Waals surface area contributed by atoms with Gasteiger partial charge in [-0.15, -0.1) is 0 Å². The first-order valence-electron chi connectivity index (χ1n) is 12.5. The summed E-state index contributed by atoms with van der Waals surface area (Å²) in [5.74, 6) is 1.64. The van der Waals surface area contributed by atoms with Crippen molar-refractivity contribution in [2.75, 3.05) is 30.9 Å². The van der Waals surface area contributed by atoms with E-state index in [1.165, 1.54) is 23.9 Å². The van der Waals surface area contributed by atoms with Gasteiger partial charge in [-0.25, -0.2) is 22.6 Å². The summed E-state index contributed by atoms with van der Waals surface area (Å²) in [4.78, 5) is 17.0. The van der Waals surface area contributed by atoms with Crippen molar-refractivity contribution in [1.29, 1.82) is 0 Å². The van der Waals surface area contributed by atoms with E-state index in [0.717, 1.165) is 0 Å². The van der Waals surface area contributed by atoms with E-state index in [-0.39, 0.29) is 23.5 Å². The van der Waals surface area contributed by atoms with Crippen molar-refractivity contribution in [3.05, 3.63) is 84.8 Å². The van der Waals surface area contributed by atoms with Crippen molar-refractivity contribution in [2.45, 2.75) is 31.1 Å². The number of hydrogen-bond donors (Lipinski definition) is 3. The smallest absolute Gasteiger partial charge is 0.324 e. The summed E-state index contributed by atoms with van der Waals surface area (Å²) >= 11 is 0. The highest BCUT2D eigenvalue weighted by Gasteiger charge is 2.23. The first kappa shape index (κ1) is 28.7. The van der Waals surface area contributed by atoms with Gasteiger partial charge in [-0.1, -0.05) is 26.8 Å². The van der Waals surface area contributed by atoms with Crippen LogP contribution in [-0.4, -0.2) is 49.5 Å². The van der Waals surface area contributed by atoms with Crippen molar-refractivity contribution >= 4 is 27.6 Å². The highest BCUT2D eigenvalue weighted by Crippen LogP contribution is 2.28. The average Bonchev–Trinajstić information content (AvgIpc) is 3.35. The molecule has 12 heteroatoms. The lowest BCUT2D eigenvalue weighted by molar-refractivity contribution is 0.204. The van der Waals surface area contributed by atoms with E-state index in [9.17, 15) is 13.2 Å². The van der Waals surface area contributed by atoms with Crippen LogP contribution in [0.5, 0.6) is 11.5 Å². The molecule has 0 atom stereocenters. The second kappa shape index (κ2) is 12.3. The number of methoxy groups -OCH3 is 1. The largest absolute Gasteiger partial charge is 0.457 e. The molecule has 0 saturated carbocycles. The van der Waals surface area contributed by atoms with E-state index in [1.807, 2.05) is 20.8 Å². The van der Waals surface area contributed by atoms with Gasteiger partial charge >= 0.3 is 6.03 Å². The van der Waals surface area contributed by atoms with Gasteiger partial charge in [0.2, 0.25) is 10.0 Å². The van der Waals surface area contributed by atoms with Gasteiger partial charge < -0.3 is 14.8 Å². The van der Waals surface area contributed by atoms with Gasteiger partial charge in [0.25, 0.3) is 0 Å². The second-order valence-electron chi connectivity index (χ2n) is 9.85. The Kier molecular flexibility index (Phi) is 8.83. The first-order valence-corrected chi connectivity index (χ1v) is 14.0. The summed E-state index contributed by atoms with van der Waals surface area (Å²) in [7, 11) is -2.27. The number of nitrogens with zero attached hydrogens (tertiary/aromatic N) is 3. The highest BCUT2D eigenvalue weighted by molar-refractivity contribution is 7.89. The molecular formula is C28H32N6O5S. The number of carbonyl (C=O) groups excluding carboxylic acids is 1. The predicted molar refractivity (Wildman–Crippen MR) is 153 cm³/mol. The number of ether oxygens (including phenoxy) is 2. The normalized spacial score (nSPS) is 11.7. The fourth-order valence-corrected chi connectivity index (χ4v) is 4.66. The summed E-state index contributed by atoms with van der Waals surface area (Å²) in [5, 5.41) is 10.3. The average molecular weight is 565 g/mol. The summed E-state index contributed by atoms with van der Waals surface area (Å²) in [6.45, 7) is 6.39. The Morgan fingerprint density at radius 3 is 2.33 bits per heavy atom. The lowest BCUT2D eigenvalue weighted by Crippen LogP contribution is -2.27. The molecule has 2 aromatic heterocycles. The Hall–Kier alpha value is -4.26. The van der Waals surface area contributed by atoms with Gasteiger partial charge in [0.15, 0.2) is 0 Å². The van der Waals surface area contributed by atoms with Crippen LogP contribution in [0.2, 0.25) is 0 Å². The minimum absolute atomic E-state index is 0.0680. The molecule has 40 heavy (non-hydrogen) atoms. The molecule has 2 aromatic carbocycles. The fraction of sp³-hybridized carbons (Fsp3) is 0.250. The molecule has 3 N–H and O–H groups in total. The molecule has 0 aliphatic heterocycles. The number of rotatable bonds is 10. The number of anilines is 2. The Labute approximate surface area is 233 Å². The number of aromatic nitrogens is 3. The number of nitrogens with one attached hydrogen (secondary N) is 3. The van der Waals surface area contributed by atoms with E-state index < -0.39 is 16.1 Å². The monoisotopic (exact) mass is 564 g/mol. The Balaban J connectivity index is 1.53. The molecule has 11 nitrogen and oxygen atoms in total. The molecule has 0 bridgehead atoms. The van der Waals surface area contributed by atoms with Crippen LogP contribution in [0.15, 0.2) is 84.0 Å². The van der Waals surface area contributed by atoms with Crippen LogP contribution in [0.25, 0.3) is 5.69 Å². The third kappa shape index (κ3) is 7.44. The SMILES string of the molecule is COCCNS(=O)(=O)c1cccc(-n2nc(C(C)(C)C)cc2NC(=O)Nc2ccc(Oc3ccncc3)cc2)c1. The van der Waals surface area contributed by atoms with Crippen LogP contribution in [-0.2, 0) is 20.2 Å². The lowest BCUT2D eigenvalue weighted by atomic mass is 9.92. The van der Waals surface area contributed by atoms with E-state index in [1.54, 1.807) is 67.0 Å². The minimum Gasteiger partial charge on any atom is -0.457 e. The molecule has 210 valence electrons. The molecule has 4 rings (SSSR count). The molecule has 2 amide bonds. The van der Waals surface area contributed by atoms with Crippen molar-refractivity contribution in [1.82, 2.24) is 19.5 Å². The van der Waals surface area contributed by atoms with Gasteiger partial charge in [0.1, 0.15) is 17.3 Å². The number of carbonyl (C=O) groups is 1. The molecule has 0 radical (unpaired) electrons. The lowest BCUT2D eigenvalue weighted by Gasteiger charge is -2.14.